The van der Waals surface area contributed by atoms with E-state index in [4.69, 9.17) is 5.11 Å². The van der Waals surface area contributed by atoms with Crippen LogP contribution in [-0.2, 0) is 0 Å². The molecule has 5 heteroatoms. The fourth-order valence-corrected chi connectivity index (χ4v) is 1.35. The molecular formula is C9H13BrN2O2. The smallest absolute Gasteiger partial charge is 0.270 e. The molecule has 0 aliphatic carbocycles. The summed E-state index contributed by atoms with van der Waals surface area (Å²) in [7, 11) is 1.66. The zero-order valence-electron chi connectivity index (χ0n) is 8.12. The predicted molar refractivity (Wildman–Crippen MR) is 57.1 cm³/mol. The van der Waals surface area contributed by atoms with E-state index >= 15 is 0 Å². The van der Waals surface area contributed by atoms with Gasteiger partial charge in [0.2, 0.25) is 0 Å². The number of amides is 1. The molecule has 0 fully saturated rings. The molecule has 1 aromatic heterocycles. The Balaban J connectivity index is 2.75. The van der Waals surface area contributed by atoms with Gasteiger partial charge < -0.3 is 15.0 Å². The van der Waals surface area contributed by atoms with Crippen molar-refractivity contribution in [2.45, 2.75) is 13.0 Å². The molecule has 0 aliphatic rings. The van der Waals surface area contributed by atoms with Crippen LogP contribution >= 0.6 is 15.9 Å². The number of nitrogens with zero attached hydrogens (tertiary/aromatic N) is 1. The van der Waals surface area contributed by atoms with E-state index in [0.29, 0.717) is 5.69 Å². The Morgan fingerprint density at radius 2 is 2.43 bits per heavy atom. The molecule has 0 aromatic carbocycles. The number of nitrogens with one attached hydrogen (secondary N) is 1. The maximum atomic E-state index is 11.7. The standard InChI is InChI=1S/C9H13BrN2O2/c1-6(5-13)12(2)9(14)8-3-7(10)4-11-8/h3-4,6,11,13H,5H2,1-2H3. The molecule has 1 unspecified atom stereocenters. The number of carbonyl (C=O) groups is 1. The van der Waals surface area contributed by atoms with Crippen LogP contribution in [0.2, 0.25) is 0 Å². The summed E-state index contributed by atoms with van der Waals surface area (Å²) >= 11 is 3.25. The summed E-state index contributed by atoms with van der Waals surface area (Å²) in [6.07, 6.45) is 1.70. The molecule has 0 bridgehead atoms. The average Bonchev–Trinajstić information content (AvgIpc) is 2.61. The van der Waals surface area contributed by atoms with Crippen molar-refractivity contribution in [3.05, 3.63) is 22.4 Å². The van der Waals surface area contributed by atoms with Gasteiger partial charge in [0.05, 0.1) is 12.6 Å². The van der Waals surface area contributed by atoms with E-state index in [9.17, 15) is 4.79 Å². The van der Waals surface area contributed by atoms with Crippen molar-refractivity contribution in [3.8, 4) is 0 Å². The van der Waals surface area contributed by atoms with Crippen molar-refractivity contribution < 1.29 is 9.90 Å². The van der Waals surface area contributed by atoms with E-state index in [1.165, 1.54) is 4.90 Å². The van der Waals surface area contributed by atoms with Crippen molar-refractivity contribution in [1.82, 2.24) is 9.88 Å². The molecule has 0 aliphatic heterocycles. The zero-order valence-corrected chi connectivity index (χ0v) is 9.71. The van der Waals surface area contributed by atoms with Gasteiger partial charge in [0, 0.05) is 17.7 Å². The monoisotopic (exact) mass is 260 g/mol. The van der Waals surface area contributed by atoms with Crippen LogP contribution in [0.5, 0.6) is 0 Å². The van der Waals surface area contributed by atoms with Gasteiger partial charge in [-0.2, -0.15) is 0 Å². The number of H-pyrrole nitrogens is 1. The molecule has 1 aromatic rings. The van der Waals surface area contributed by atoms with Crippen molar-refractivity contribution in [1.29, 1.82) is 0 Å². The molecule has 1 heterocycles. The van der Waals surface area contributed by atoms with E-state index < -0.39 is 0 Å². The summed E-state index contributed by atoms with van der Waals surface area (Å²) in [5, 5.41) is 8.89. The van der Waals surface area contributed by atoms with Crippen molar-refractivity contribution in [2.24, 2.45) is 0 Å². The van der Waals surface area contributed by atoms with Gasteiger partial charge in [0.1, 0.15) is 5.69 Å². The minimum absolute atomic E-state index is 0.0376. The first-order valence-electron chi connectivity index (χ1n) is 4.28. The molecular weight excluding hydrogens is 248 g/mol. The molecule has 2 N–H and O–H groups in total. The van der Waals surface area contributed by atoms with Crippen LogP contribution in [0.4, 0.5) is 0 Å². The second-order valence-electron chi connectivity index (χ2n) is 3.18. The third-order valence-electron chi connectivity index (χ3n) is 2.12. The third kappa shape index (κ3) is 2.36. The van der Waals surface area contributed by atoms with Gasteiger partial charge in [0.15, 0.2) is 0 Å². The van der Waals surface area contributed by atoms with Gasteiger partial charge >= 0.3 is 0 Å². The molecule has 4 nitrogen and oxygen atoms in total. The second-order valence-corrected chi connectivity index (χ2v) is 4.09. The number of halogens is 1. The lowest BCUT2D eigenvalue weighted by Crippen LogP contribution is -2.37. The second kappa shape index (κ2) is 4.61. The Bertz CT molecular complexity index is 324. The van der Waals surface area contributed by atoms with Crippen LogP contribution in [0.3, 0.4) is 0 Å². The number of carbonyl (C=O) groups excluding carboxylic acids is 1. The summed E-state index contributed by atoms with van der Waals surface area (Å²) in [4.78, 5) is 16.1. The Hall–Kier alpha value is -0.810. The summed E-state index contributed by atoms with van der Waals surface area (Å²) in [6, 6.07) is 1.53. The highest BCUT2D eigenvalue weighted by molar-refractivity contribution is 9.10. The molecule has 1 atom stereocenters. The Labute approximate surface area is 91.0 Å². The highest BCUT2D eigenvalue weighted by Crippen LogP contribution is 2.12. The number of aromatic amines is 1. The number of rotatable bonds is 3. The largest absolute Gasteiger partial charge is 0.394 e. The molecule has 0 saturated heterocycles. The number of aromatic nitrogens is 1. The first-order valence-corrected chi connectivity index (χ1v) is 5.07. The van der Waals surface area contributed by atoms with E-state index in [1.807, 2.05) is 0 Å². The first kappa shape index (κ1) is 11.3. The van der Waals surface area contributed by atoms with Gasteiger partial charge in [-0.05, 0) is 28.9 Å². The van der Waals surface area contributed by atoms with Crippen molar-refractivity contribution >= 4 is 21.8 Å². The van der Waals surface area contributed by atoms with Gasteiger partial charge in [-0.3, -0.25) is 4.79 Å². The van der Waals surface area contributed by atoms with Crippen LogP contribution in [0.25, 0.3) is 0 Å². The van der Waals surface area contributed by atoms with Crippen molar-refractivity contribution in [3.63, 3.8) is 0 Å². The summed E-state index contributed by atoms with van der Waals surface area (Å²) < 4.78 is 0.839. The summed E-state index contributed by atoms with van der Waals surface area (Å²) in [6.45, 7) is 1.75. The summed E-state index contributed by atoms with van der Waals surface area (Å²) in [5.74, 6) is -0.128. The van der Waals surface area contributed by atoms with Crippen LogP contribution < -0.4 is 0 Å². The van der Waals surface area contributed by atoms with Crippen LogP contribution in [0, 0.1) is 0 Å². The molecule has 14 heavy (non-hydrogen) atoms. The van der Waals surface area contributed by atoms with E-state index in [0.717, 1.165) is 4.47 Å². The van der Waals surface area contributed by atoms with E-state index in [2.05, 4.69) is 20.9 Å². The predicted octanol–water partition coefficient (Wildman–Crippen LogP) is 1.23. The number of likely N-dealkylation sites (N-methyl/N-ethyl adjacent to an activating group) is 1. The van der Waals surface area contributed by atoms with Crippen molar-refractivity contribution in [2.75, 3.05) is 13.7 Å². The van der Waals surface area contributed by atoms with Gasteiger partial charge in [-0.15, -0.1) is 0 Å². The molecule has 0 radical (unpaired) electrons. The average molecular weight is 261 g/mol. The maximum absolute atomic E-state index is 11.7. The Kier molecular flexibility index (Phi) is 3.71. The lowest BCUT2D eigenvalue weighted by Gasteiger charge is -2.22. The van der Waals surface area contributed by atoms with Gasteiger partial charge in [0.25, 0.3) is 5.91 Å². The van der Waals surface area contributed by atoms with Crippen LogP contribution in [-0.4, -0.2) is 40.6 Å². The highest BCUT2D eigenvalue weighted by atomic mass is 79.9. The van der Waals surface area contributed by atoms with E-state index in [-0.39, 0.29) is 18.6 Å². The SMILES string of the molecule is CC(CO)N(C)C(=O)c1cc(Br)c[nH]1. The quantitative estimate of drug-likeness (QED) is 0.859. The zero-order chi connectivity index (χ0) is 10.7. The van der Waals surface area contributed by atoms with Crippen LogP contribution in [0.1, 0.15) is 17.4 Å². The van der Waals surface area contributed by atoms with E-state index in [1.54, 1.807) is 26.2 Å². The van der Waals surface area contributed by atoms with Crippen LogP contribution in [0.15, 0.2) is 16.7 Å². The lowest BCUT2D eigenvalue weighted by atomic mass is 10.3. The number of hydrogen-bond donors (Lipinski definition) is 2. The third-order valence-corrected chi connectivity index (χ3v) is 2.58. The Morgan fingerprint density at radius 1 is 1.79 bits per heavy atom. The molecule has 1 amide bonds. The fourth-order valence-electron chi connectivity index (χ4n) is 1.00. The Morgan fingerprint density at radius 3 is 2.86 bits per heavy atom. The summed E-state index contributed by atoms with van der Waals surface area (Å²) in [5.41, 5.74) is 0.514. The first-order chi connectivity index (χ1) is 6.56. The fraction of sp³-hybridized carbons (Fsp3) is 0.444. The van der Waals surface area contributed by atoms with Gasteiger partial charge in [-0.25, -0.2) is 0 Å². The van der Waals surface area contributed by atoms with Gasteiger partial charge in [-0.1, -0.05) is 0 Å². The lowest BCUT2D eigenvalue weighted by molar-refractivity contribution is 0.0677. The topological polar surface area (TPSA) is 56.3 Å². The molecule has 1 rings (SSSR count). The number of aliphatic hydroxyl groups excluding tert-OH is 1. The minimum atomic E-state index is -0.176. The normalized spacial score (nSPS) is 12.6. The number of hydrogen-bond acceptors (Lipinski definition) is 2. The molecule has 0 spiro atoms. The highest BCUT2D eigenvalue weighted by Gasteiger charge is 2.17. The molecule has 0 saturated carbocycles. The maximum Gasteiger partial charge on any atom is 0.270 e. The minimum Gasteiger partial charge on any atom is -0.394 e. The molecule has 78 valence electrons. The number of aliphatic hydroxyl groups is 1.